The Labute approximate surface area is 147 Å². The fourth-order valence-corrected chi connectivity index (χ4v) is 3.10. The quantitative estimate of drug-likeness (QED) is 0.854. The highest BCUT2D eigenvalue weighted by Crippen LogP contribution is 2.24. The first kappa shape index (κ1) is 17.6. The molecule has 0 saturated carbocycles. The molecule has 8 heteroatoms. The van der Waals surface area contributed by atoms with Gasteiger partial charge in [0.25, 0.3) is 5.91 Å². The fraction of sp³-hybridized carbons (Fsp3) is 0.647. The van der Waals surface area contributed by atoms with Gasteiger partial charge in [-0.15, -0.1) is 10.2 Å². The van der Waals surface area contributed by atoms with Crippen molar-refractivity contribution < 1.29 is 9.21 Å². The number of carbonyl (C=O) groups excluding carboxylic acids is 1. The van der Waals surface area contributed by atoms with Gasteiger partial charge in [-0.3, -0.25) is 4.79 Å². The summed E-state index contributed by atoms with van der Waals surface area (Å²) in [6.07, 6.45) is 2.16. The molecule has 0 spiro atoms. The molecular weight excluding hydrogens is 320 g/mol. The highest BCUT2D eigenvalue weighted by atomic mass is 16.3. The van der Waals surface area contributed by atoms with Crippen LogP contribution in [0.2, 0.25) is 0 Å². The zero-order chi connectivity index (χ0) is 18.0. The van der Waals surface area contributed by atoms with Crippen molar-refractivity contribution >= 4 is 5.91 Å². The number of amides is 1. The van der Waals surface area contributed by atoms with Crippen LogP contribution in [0.4, 0.5) is 0 Å². The summed E-state index contributed by atoms with van der Waals surface area (Å²) in [6.45, 7) is 10.6. The number of hydrogen-bond donors (Lipinski definition) is 2. The maximum atomic E-state index is 12.8. The normalized spacial score (nSPS) is 15.9. The van der Waals surface area contributed by atoms with E-state index in [9.17, 15) is 4.79 Å². The monoisotopic (exact) mass is 346 g/mol. The molecular formula is C17H26N6O2. The van der Waals surface area contributed by atoms with Crippen molar-refractivity contribution in [3.05, 3.63) is 29.5 Å². The molecule has 1 aliphatic heterocycles. The van der Waals surface area contributed by atoms with Gasteiger partial charge in [0.05, 0.1) is 6.04 Å². The molecule has 2 N–H and O–H groups in total. The largest absolute Gasteiger partial charge is 0.447 e. The van der Waals surface area contributed by atoms with Crippen molar-refractivity contribution in [3.63, 3.8) is 0 Å². The van der Waals surface area contributed by atoms with Crippen LogP contribution >= 0.6 is 0 Å². The van der Waals surface area contributed by atoms with Gasteiger partial charge in [-0.25, -0.2) is 4.98 Å². The van der Waals surface area contributed by atoms with E-state index in [0.29, 0.717) is 11.5 Å². The molecule has 0 bridgehead atoms. The number of fused-ring (bicyclic) bond motifs is 1. The Bertz CT molecular complexity index is 733. The number of carbonyl (C=O) groups is 1. The molecule has 1 atom stereocenters. The van der Waals surface area contributed by atoms with Gasteiger partial charge in [-0.05, 0) is 5.92 Å². The summed E-state index contributed by atoms with van der Waals surface area (Å²) in [5.41, 5.74) is 0.345. The number of aromatic nitrogens is 4. The number of rotatable bonds is 5. The Morgan fingerprint density at radius 1 is 1.28 bits per heavy atom. The van der Waals surface area contributed by atoms with Crippen molar-refractivity contribution in [2.75, 3.05) is 13.1 Å². The summed E-state index contributed by atoms with van der Waals surface area (Å²) < 4.78 is 7.50. The van der Waals surface area contributed by atoms with E-state index in [4.69, 9.17) is 4.42 Å². The molecule has 0 radical (unpaired) electrons. The lowest BCUT2D eigenvalue weighted by Crippen LogP contribution is -2.35. The van der Waals surface area contributed by atoms with Crippen LogP contribution in [0.1, 0.15) is 67.6 Å². The first-order valence-electron chi connectivity index (χ1n) is 8.86. The van der Waals surface area contributed by atoms with Crippen LogP contribution in [0, 0.1) is 5.92 Å². The third-order valence-electron chi connectivity index (χ3n) is 4.46. The zero-order valence-corrected chi connectivity index (χ0v) is 15.2. The Balaban J connectivity index is 1.86. The standard InChI is InChI=1S/C17H26N6O2/c1-10(2)13(16-22-21-12-5-6-18-7-8-23(12)16)20-17(24)14-15(11(3)4)25-9-19-14/h9-11,13,18H,5-8H2,1-4H3,(H,20,24)/t13-/m0/s1. The molecule has 136 valence electrons. The van der Waals surface area contributed by atoms with Crippen LogP contribution in [0.3, 0.4) is 0 Å². The average Bonchev–Trinajstić information content (AvgIpc) is 3.14. The van der Waals surface area contributed by atoms with Gasteiger partial charge in [0, 0.05) is 32.0 Å². The van der Waals surface area contributed by atoms with E-state index in [1.54, 1.807) is 0 Å². The van der Waals surface area contributed by atoms with E-state index in [1.165, 1.54) is 6.39 Å². The molecule has 0 saturated heterocycles. The van der Waals surface area contributed by atoms with Gasteiger partial charge in [0.2, 0.25) is 0 Å². The predicted molar refractivity (Wildman–Crippen MR) is 92.2 cm³/mol. The average molecular weight is 346 g/mol. The van der Waals surface area contributed by atoms with Crippen LogP contribution in [0.25, 0.3) is 0 Å². The van der Waals surface area contributed by atoms with Crippen LogP contribution in [-0.2, 0) is 13.0 Å². The summed E-state index contributed by atoms with van der Waals surface area (Å²) in [7, 11) is 0. The summed E-state index contributed by atoms with van der Waals surface area (Å²) in [4.78, 5) is 16.9. The van der Waals surface area contributed by atoms with E-state index < -0.39 is 0 Å². The number of nitrogens with zero attached hydrogens (tertiary/aromatic N) is 4. The Morgan fingerprint density at radius 3 is 2.80 bits per heavy atom. The molecule has 3 rings (SSSR count). The zero-order valence-electron chi connectivity index (χ0n) is 15.2. The Kier molecular flexibility index (Phi) is 5.17. The number of nitrogens with one attached hydrogen (secondary N) is 2. The van der Waals surface area contributed by atoms with Crippen LogP contribution in [-0.4, -0.2) is 38.7 Å². The van der Waals surface area contributed by atoms with Crippen molar-refractivity contribution in [1.82, 2.24) is 30.4 Å². The summed E-state index contributed by atoms with van der Waals surface area (Å²) in [5, 5.41) is 15.1. The summed E-state index contributed by atoms with van der Waals surface area (Å²) in [6, 6.07) is -0.233. The second kappa shape index (κ2) is 7.35. The minimum Gasteiger partial charge on any atom is -0.447 e. The summed E-state index contributed by atoms with van der Waals surface area (Å²) >= 11 is 0. The lowest BCUT2D eigenvalue weighted by atomic mass is 10.0. The van der Waals surface area contributed by atoms with Gasteiger partial charge < -0.3 is 19.6 Å². The van der Waals surface area contributed by atoms with E-state index in [2.05, 4.69) is 44.2 Å². The molecule has 0 aliphatic carbocycles. The lowest BCUT2D eigenvalue weighted by Gasteiger charge is -2.22. The van der Waals surface area contributed by atoms with E-state index >= 15 is 0 Å². The van der Waals surface area contributed by atoms with Crippen molar-refractivity contribution in [2.24, 2.45) is 5.92 Å². The first-order chi connectivity index (χ1) is 12.0. The molecule has 0 unspecified atom stereocenters. The van der Waals surface area contributed by atoms with Gasteiger partial charge in [-0.2, -0.15) is 0 Å². The van der Waals surface area contributed by atoms with E-state index in [-0.39, 0.29) is 23.8 Å². The smallest absolute Gasteiger partial charge is 0.274 e. The highest BCUT2D eigenvalue weighted by molar-refractivity contribution is 5.93. The van der Waals surface area contributed by atoms with Gasteiger partial charge in [-0.1, -0.05) is 27.7 Å². The highest BCUT2D eigenvalue weighted by Gasteiger charge is 2.29. The number of oxazole rings is 1. The second-order valence-electron chi connectivity index (χ2n) is 7.04. The predicted octanol–water partition coefficient (Wildman–Crippen LogP) is 1.66. The second-order valence-corrected chi connectivity index (χ2v) is 7.04. The molecule has 2 aromatic rings. The molecule has 2 aromatic heterocycles. The molecule has 0 aromatic carbocycles. The lowest BCUT2D eigenvalue weighted by molar-refractivity contribution is 0.0915. The first-order valence-corrected chi connectivity index (χ1v) is 8.86. The maximum absolute atomic E-state index is 12.8. The maximum Gasteiger partial charge on any atom is 0.274 e. The molecule has 3 heterocycles. The molecule has 25 heavy (non-hydrogen) atoms. The third kappa shape index (κ3) is 3.58. The van der Waals surface area contributed by atoms with Crippen LogP contribution < -0.4 is 10.6 Å². The Morgan fingerprint density at radius 2 is 2.08 bits per heavy atom. The van der Waals surface area contributed by atoms with Crippen molar-refractivity contribution in [3.8, 4) is 0 Å². The van der Waals surface area contributed by atoms with Crippen LogP contribution in [0.5, 0.6) is 0 Å². The van der Waals surface area contributed by atoms with E-state index in [0.717, 1.165) is 37.7 Å². The SMILES string of the molecule is CC(C)c1ocnc1C(=O)N[C@H](c1nnc2n1CCNCC2)C(C)C. The molecule has 0 fully saturated rings. The minimum absolute atomic E-state index is 0.0937. The number of hydrogen-bond acceptors (Lipinski definition) is 6. The summed E-state index contributed by atoms with van der Waals surface area (Å²) in [5.74, 6) is 2.39. The van der Waals surface area contributed by atoms with Crippen molar-refractivity contribution in [2.45, 2.75) is 52.6 Å². The topological polar surface area (TPSA) is 97.9 Å². The van der Waals surface area contributed by atoms with Gasteiger partial charge in [0.1, 0.15) is 11.6 Å². The minimum atomic E-state index is -0.236. The third-order valence-corrected chi connectivity index (χ3v) is 4.46. The van der Waals surface area contributed by atoms with Crippen molar-refractivity contribution in [1.29, 1.82) is 0 Å². The van der Waals surface area contributed by atoms with Gasteiger partial charge >= 0.3 is 0 Å². The van der Waals surface area contributed by atoms with Gasteiger partial charge in [0.15, 0.2) is 17.9 Å². The van der Waals surface area contributed by atoms with Crippen LogP contribution in [0.15, 0.2) is 10.8 Å². The molecule has 8 nitrogen and oxygen atoms in total. The fourth-order valence-electron chi connectivity index (χ4n) is 3.10. The molecule has 1 aliphatic rings. The molecule has 1 amide bonds. The Hall–Kier alpha value is -2.22. The van der Waals surface area contributed by atoms with E-state index in [1.807, 2.05) is 13.8 Å².